The van der Waals surface area contributed by atoms with Crippen LogP contribution in [0.1, 0.15) is 18.1 Å². The molecule has 0 bridgehead atoms. The van der Waals surface area contributed by atoms with Crippen LogP contribution in [0, 0.1) is 19.7 Å². The minimum atomic E-state index is -0.667. The molecule has 15 heterocycles. The van der Waals surface area contributed by atoms with Crippen LogP contribution in [0.4, 0.5) is 21.8 Å². The topological polar surface area (TPSA) is 365 Å². The average Bonchev–Trinajstić information content (AvgIpc) is 1.09. The van der Waals surface area contributed by atoms with Crippen molar-refractivity contribution in [2.75, 3.05) is 168 Å². The summed E-state index contributed by atoms with van der Waals surface area (Å²) in [4.78, 5) is 97.1. The van der Waals surface area contributed by atoms with Crippen LogP contribution in [0.3, 0.4) is 0 Å². The van der Waals surface area contributed by atoms with Crippen LogP contribution in [-0.4, -0.2) is 319 Å². The van der Waals surface area contributed by atoms with Gasteiger partial charge in [-0.1, -0.05) is 60.6 Å². The highest BCUT2D eigenvalue weighted by molar-refractivity contribution is 6.33. The van der Waals surface area contributed by atoms with Crippen LogP contribution in [0.5, 0.6) is 52.9 Å². The number of amides is 3. The molecule has 6 saturated heterocycles. The Balaban J connectivity index is 0.000000137. The van der Waals surface area contributed by atoms with Crippen LogP contribution >= 0.6 is 34.8 Å². The molecule has 36 nitrogen and oxygen atoms in total. The predicted molar refractivity (Wildman–Crippen MR) is 465 cm³/mol. The number of hydrogen-bond donors (Lipinski definition) is 3. The maximum atomic E-state index is 14.7. The van der Waals surface area contributed by atoms with Gasteiger partial charge in [0.2, 0.25) is 35.4 Å². The third-order valence-corrected chi connectivity index (χ3v) is 23.8. The lowest BCUT2D eigenvalue weighted by atomic mass is 10.1. The van der Waals surface area contributed by atoms with Crippen molar-refractivity contribution in [2.24, 2.45) is 0 Å². The number of aryl methyl sites for hydroxylation is 1. The van der Waals surface area contributed by atoms with Gasteiger partial charge < -0.3 is 72.0 Å². The maximum Gasteiger partial charge on any atom is 0.319 e. The number of pyridine rings is 3. The van der Waals surface area contributed by atoms with Gasteiger partial charge in [-0.2, -0.15) is 50.2 Å². The molecule has 3 amide bonds. The largest absolute Gasteiger partial charge is 0.456 e. The highest BCUT2D eigenvalue weighted by Gasteiger charge is 2.39. The number of halogens is 4. The number of piperazine rings is 3. The van der Waals surface area contributed by atoms with Gasteiger partial charge in [0.25, 0.3) is 0 Å². The molecular weight excluding hydrogens is 1660 g/mol. The zero-order valence-electron chi connectivity index (χ0n) is 69.6. The summed E-state index contributed by atoms with van der Waals surface area (Å²) in [5, 5.41) is 25.7. The molecule has 0 spiro atoms. The van der Waals surface area contributed by atoms with E-state index in [0.29, 0.717) is 170 Å². The number of H-pyrrole nitrogens is 3. The Morgan fingerprint density at radius 3 is 1.38 bits per heavy atom. The van der Waals surface area contributed by atoms with E-state index in [1.54, 1.807) is 72.9 Å². The zero-order valence-corrected chi connectivity index (χ0v) is 71.9. The van der Waals surface area contributed by atoms with Crippen molar-refractivity contribution < 1.29 is 61.4 Å². The number of aromatic nitrogens is 15. The van der Waals surface area contributed by atoms with Gasteiger partial charge in [-0.05, 0) is 96.0 Å². The molecular formula is C84H92Cl3FN24O12. The molecule has 0 radical (unpaired) electrons. The number of anilines is 3. The SMILES string of the molecule is C=CC(=O)N1CCN(c2nc(O[C@@H]3CN(C)C[C@H]3OC)nc3c(Oc4c(C)c(Cl)cc5[nH]ncc45)nccc23)CC1.C=CC(=O)N1CCN(c2nc(O[C@@H]3CN(C)C[C@H]3OC)nc3c(Oc4c(C)ccc5[nH]ncc45)nc(Cl)cc23)CC1.C=CC(=O)N1CCN(c2nc(O[C@@H]3CN(C)C[C@H]3OC)nc3c(Oc4c(Cl)c(F)cc5[nH]ncc45)nccc23)[C@@H](C)C1. The van der Waals surface area contributed by atoms with E-state index in [9.17, 15) is 18.8 Å². The first-order chi connectivity index (χ1) is 60.0. The third kappa shape index (κ3) is 17.6. The highest BCUT2D eigenvalue weighted by atomic mass is 35.5. The summed E-state index contributed by atoms with van der Waals surface area (Å²) in [6, 6.07) is 12.8. The fourth-order valence-corrected chi connectivity index (χ4v) is 16.9. The highest BCUT2D eigenvalue weighted by Crippen LogP contribution is 2.45. The van der Waals surface area contributed by atoms with Crippen LogP contribution < -0.4 is 43.1 Å². The quantitative estimate of drug-likeness (QED) is 0.0445. The first kappa shape index (κ1) is 85.5. The Hall–Kier alpha value is -12.1. The lowest BCUT2D eigenvalue weighted by molar-refractivity contribution is -0.127. The van der Waals surface area contributed by atoms with E-state index < -0.39 is 5.82 Å². The molecule has 3 N–H and O–H groups in total. The number of nitrogens with zero attached hydrogens (tertiary/aromatic N) is 21. The number of benzene rings is 3. The second-order valence-corrected chi connectivity index (χ2v) is 32.2. The van der Waals surface area contributed by atoms with Crippen molar-refractivity contribution in [1.29, 1.82) is 0 Å². The molecule has 6 aliphatic heterocycles. The Morgan fingerprint density at radius 2 is 0.879 bits per heavy atom. The summed E-state index contributed by atoms with van der Waals surface area (Å²) in [7, 11) is 11.0. The fraction of sp³-hybridized carbons (Fsp3) is 0.393. The normalized spacial score (nSPS) is 20.2. The Kier molecular flexibility index (Phi) is 25.4. The molecule has 18 rings (SSSR count). The monoisotopic (exact) mass is 1750 g/mol. The first-order valence-corrected chi connectivity index (χ1v) is 41.4. The lowest BCUT2D eigenvalue weighted by Crippen LogP contribution is -2.53. The van der Waals surface area contributed by atoms with Crippen LogP contribution in [0.2, 0.25) is 15.2 Å². The summed E-state index contributed by atoms with van der Waals surface area (Å²) in [6.07, 6.45) is 10.9. The molecule has 9 aromatic heterocycles. The van der Waals surface area contributed by atoms with E-state index in [4.69, 9.17) is 107 Å². The molecule has 3 aromatic carbocycles. The van der Waals surface area contributed by atoms with Gasteiger partial charge in [-0.25, -0.2) is 14.4 Å². The van der Waals surface area contributed by atoms with Crippen molar-refractivity contribution in [3.63, 3.8) is 0 Å². The molecule has 0 aliphatic carbocycles. The van der Waals surface area contributed by atoms with Crippen LogP contribution in [-0.2, 0) is 28.6 Å². The van der Waals surface area contributed by atoms with Gasteiger partial charge in [0.05, 0.1) is 67.5 Å². The molecule has 0 saturated carbocycles. The van der Waals surface area contributed by atoms with Gasteiger partial charge in [0, 0.05) is 168 Å². The number of ether oxygens (including phenoxy) is 9. The number of likely N-dealkylation sites (N-methyl/N-ethyl adjacent to an activating group) is 3. The smallest absolute Gasteiger partial charge is 0.319 e. The van der Waals surface area contributed by atoms with E-state index in [0.717, 1.165) is 51.4 Å². The number of rotatable bonds is 21. The van der Waals surface area contributed by atoms with E-state index in [-0.39, 0.29) is 112 Å². The summed E-state index contributed by atoms with van der Waals surface area (Å²) in [5.41, 5.74) is 4.96. The standard InChI is InChI=1S/C28H30ClFN8O4.2C28H31ClN8O4/c1-5-22(39)37-8-9-38(15(2)12-37)26-16-6-7-31-27(42-25-17-11-32-35-19(17)10-18(30)23(25)29)24(16)33-28(34-26)41-21-14-36(3)13-20(21)40-4;1-5-23(38)36-8-10-37(11-9-36)26-17-6-7-30-27(41-25-16(2)19(29)12-20-18(25)13-31-34-20)24(17)32-28(33-26)40-22-15-35(3)14-21(22)39-4;1-5-23(38)36-8-10-37(11-9-36)26-17-12-22(29)31-27(41-25-16(2)6-7-19-18(25)13-30-34-19)24(17)32-28(33-26)40-21-15-35(3)14-20(21)39-4/h5-7,10-11,15,20-21H,1,8-9,12-14H2,2-4H3,(H,32,35);5-7,12-13,21-22H,1,8-11,14-15H2,2-4H3,(H,31,34);5-7,12-13,20-21H,1,8-11,14-15H2,2-4H3,(H,30,34)/t15-,20+,21+;21-,22-;20-,21-/m011/s1. The lowest BCUT2D eigenvalue weighted by Gasteiger charge is -2.40. The Bertz CT molecular complexity index is 6050. The number of aromatic amines is 3. The zero-order chi connectivity index (χ0) is 86.9. The predicted octanol–water partition coefficient (Wildman–Crippen LogP) is 9.81. The van der Waals surface area contributed by atoms with Crippen LogP contribution in [0.25, 0.3) is 65.4 Å². The number of nitrogens with one attached hydrogen (secondary N) is 3. The van der Waals surface area contributed by atoms with Crippen molar-refractivity contribution in [2.45, 2.75) is 63.4 Å². The number of methoxy groups -OCH3 is 3. The third-order valence-electron chi connectivity index (χ3n) is 22.9. The maximum absolute atomic E-state index is 14.7. The van der Waals surface area contributed by atoms with Crippen molar-refractivity contribution >= 4 is 135 Å². The van der Waals surface area contributed by atoms with Crippen LogP contribution in [0.15, 0.2) is 111 Å². The molecule has 6 aliphatic rings. The molecule has 7 atom stereocenters. The second kappa shape index (κ2) is 36.8. The van der Waals surface area contributed by atoms with E-state index in [2.05, 4.69) is 94.7 Å². The van der Waals surface area contributed by atoms with Gasteiger partial charge in [-0.15, -0.1) is 0 Å². The van der Waals surface area contributed by atoms with E-state index in [1.165, 1.54) is 30.5 Å². The van der Waals surface area contributed by atoms with Gasteiger partial charge in [0.1, 0.15) is 98.1 Å². The minimum Gasteiger partial charge on any atom is -0.456 e. The Morgan fingerprint density at radius 1 is 0.460 bits per heavy atom. The van der Waals surface area contributed by atoms with Gasteiger partial charge >= 0.3 is 18.0 Å². The van der Waals surface area contributed by atoms with E-state index in [1.807, 2.05) is 66.2 Å². The number of carbonyl (C=O) groups excluding carboxylic acids is 3. The molecule has 0 unspecified atom stereocenters. The van der Waals surface area contributed by atoms with Crippen molar-refractivity contribution in [3.05, 3.63) is 144 Å². The average molecular weight is 1760 g/mol. The number of carbonyl (C=O) groups is 3. The van der Waals surface area contributed by atoms with Gasteiger partial charge in [0.15, 0.2) is 5.75 Å². The molecule has 124 heavy (non-hydrogen) atoms. The Labute approximate surface area is 726 Å². The van der Waals surface area contributed by atoms with Gasteiger partial charge in [-0.3, -0.25) is 44.4 Å². The van der Waals surface area contributed by atoms with Crippen molar-refractivity contribution in [1.82, 2.24) is 105 Å². The number of likely N-dealkylation sites (tertiary alicyclic amines) is 3. The number of hydrogen-bond acceptors (Lipinski definition) is 30. The fourth-order valence-electron chi connectivity index (χ4n) is 16.3. The summed E-state index contributed by atoms with van der Waals surface area (Å²) >= 11 is 19.4. The minimum absolute atomic E-state index is 0.0600. The van der Waals surface area contributed by atoms with Crippen molar-refractivity contribution in [3.8, 4) is 52.9 Å². The molecule has 648 valence electrons. The molecule has 40 heteroatoms. The summed E-state index contributed by atoms with van der Waals surface area (Å²) in [5.74, 6) is 2.75. The second-order valence-electron chi connectivity index (χ2n) is 31.0. The summed E-state index contributed by atoms with van der Waals surface area (Å²) < 4.78 is 69.8. The van der Waals surface area contributed by atoms with E-state index >= 15 is 0 Å². The number of fused-ring (bicyclic) bond motifs is 6. The molecule has 6 fully saturated rings. The molecule has 12 aromatic rings. The summed E-state index contributed by atoms with van der Waals surface area (Å²) in [6.45, 7) is 26.7. The first-order valence-electron chi connectivity index (χ1n) is 40.2.